The first kappa shape index (κ1) is 57.3. The fourth-order valence-electron chi connectivity index (χ4n) is 6.34. The normalized spacial score (nSPS) is 22.9. The number of esters is 1. The van der Waals surface area contributed by atoms with E-state index >= 15 is 0 Å². The van der Waals surface area contributed by atoms with Crippen molar-refractivity contribution in [3.8, 4) is 0 Å². The minimum absolute atomic E-state index is 0.111. The minimum Gasteiger partial charge on any atom is -0.457 e. The van der Waals surface area contributed by atoms with Crippen molar-refractivity contribution in [2.75, 3.05) is 19.8 Å². The van der Waals surface area contributed by atoms with Crippen LogP contribution in [0, 0.1) is 0 Å². The summed E-state index contributed by atoms with van der Waals surface area (Å²) in [6, 6.07) is 0. The monoisotopic (exact) mass is 893 g/mol. The Bertz CT molecular complexity index is 1390. The third kappa shape index (κ3) is 30.4. The van der Waals surface area contributed by atoms with Crippen LogP contribution >= 0.6 is 7.82 Å². The lowest BCUT2D eigenvalue weighted by atomic mass is 9.85. The van der Waals surface area contributed by atoms with E-state index in [9.17, 15) is 39.8 Å². The van der Waals surface area contributed by atoms with Crippen LogP contribution < -0.4 is 0 Å². The molecule has 12 nitrogen and oxygen atoms in total. The summed E-state index contributed by atoms with van der Waals surface area (Å²) in [6.45, 7) is 3.92. The van der Waals surface area contributed by atoms with Crippen LogP contribution in [0.5, 0.6) is 0 Å². The molecule has 6 N–H and O–H groups in total. The molecule has 0 heterocycles. The second-order valence-electron chi connectivity index (χ2n) is 15.5. The zero-order valence-electron chi connectivity index (χ0n) is 37.6. The summed E-state index contributed by atoms with van der Waals surface area (Å²) in [5.41, 5.74) is 0. The average Bonchev–Trinajstić information content (AvgIpc) is 3.26. The van der Waals surface area contributed by atoms with Crippen molar-refractivity contribution in [2.24, 2.45) is 0 Å². The van der Waals surface area contributed by atoms with Gasteiger partial charge in [0, 0.05) is 13.0 Å². The summed E-state index contributed by atoms with van der Waals surface area (Å²) < 4.78 is 34.1. The maximum Gasteiger partial charge on any atom is 0.472 e. The number of hydrogen-bond acceptors (Lipinski definition) is 11. The van der Waals surface area contributed by atoms with Gasteiger partial charge in [-0.2, -0.15) is 0 Å². The Hall–Kier alpha value is -2.74. The van der Waals surface area contributed by atoms with E-state index in [0.717, 1.165) is 116 Å². The third-order valence-corrected chi connectivity index (χ3v) is 10.9. The first-order valence-corrected chi connectivity index (χ1v) is 24.6. The Labute approximate surface area is 373 Å². The third-order valence-electron chi connectivity index (χ3n) is 9.95. The highest BCUT2D eigenvalue weighted by molar-refractivity contribution is 7.47. The van der Waals surface area contributed by atoms with Crippen molar-refractivity contribution >= 4 is 13.8 Å². The van der Waals surface area contributed by atoms with Crippen molar-refractivity contribution in [3.05, 3.63) is 97.2 Å². The quantitative estimate of drug-likeness (QED) is 0.0150. The molecule has 0 spiro atoms. The Morgan fingerprint density at radius 1 is 0.516 bits per heavy atom. The standard InChI is InChI=1S/C49H81O12P/c1-3-5-7-9-11-13-15-17-19-21-22-23-24-26-28-30-32-34-36-38-43(50)60-42(41-59-62(56,57)61-49-47(54)45(52)44(51)46(53)48(49)55)40-58-39-37-35-33-31-29-27-25-20-18-16-14-12-10-8-6-4-2/h5-8,11-14,17-20,22-23,27,29,42,44-49,51-55H,3-4,9-10,15-16,21,24-26,28,30-41H2,1-2H3,(H,56,57)/b7-5-,8-6-,13-11-,14-12-,19-17-,20-18-,23-22-,29-27-. The van der Waals surface area contributed by atoms with E-state index in [1.807, 2.05) is 0 Å². The second kappa shape index (κ2) is 38.7. The van der Waals surface area contributed by atoms with Crippen molar-refractivity contribution in [3.63, 3.8) is 0 Å². The predicted octanol–water partition coefficient (Wildman–Crippen LogP) is 9.53. The number of hydrogen-bond donors (Lipinski definition) is 6. The minimum atomic E-state index is -5.04. The molecule has 0 aromatic heterocycles. The highest BCUT2D eigenvalue weighted by Crippen LogP contribution is 2.47. The van der Waals surface area contributed by atoms with E-state index in [1.54, 1.807) is 0 Å². The van der Waals surface area contributed by atoms with Crippen molar-refractivity contribution in [2.45, 2.75) is 185 Å². The van der Waals surface area contributed by atoms with Gasteiger partial charge in [0.05, 0.1) is 13.2 Å². The van der Waals surface area contributed by atoms with Gasteiger partial charge >= 0.3 is 13.8 Å². The van der Waals surface area contributed by atoms with Gasteiger partial charge in [-0.15, -0.1) is 0 Å². The largest absolute Gasteiger partial charge is 0.472 e. The molecule has 1 saturated carbocycles. The molecule has 1 aliphatic carbocycles. The number of aliphatic hydroxyl groups excluding tert-OH is 5. The Morgan fingerprint density at radius 2 is 0.903 bits per heavy atom. The summed E-state index contributed by atoms with van der Waals surface area (Å²) in [5, 5.41) is 50.2. The van der Waals surface area contributed by atoms with Gasteiger partial charge in [-0.3, -0.25) is 13.8 Å². The fourth-order valence-corrected chi connectivity index (χ4v) is 7.31. The number of phosphoric ester groups is 1. The van der Waals surface area contributed by atoms with Crippen LogP contribution in [0.4, 0.5) is 0 Å². The van der Waals surface area contributed by atoms with Crippen molar-refractivity contribution in [1.82, 2.24) is 0 Å². The maximum absolute atomic E-state index is 12.8. The smallest absolute Gasteiger partial charge is 0.457 e. The number of carbonyl (C=O) groups excluding carboxylic acids is 1. The molecule has 62 heavy (non-hydrogen) atoms. The predicted molar refractivity (Wildman–Crippen MR) is 248 cm³/mol. The molecule has 0 aromatic carbocycles. The van der Waals surface area contributed by atoms with Crippen molar-refractivity contribution in [1.29, 1.82) is 0 Å². The first-order valence-electron chi connectivity index (χ1n) is 23.1. The molecule has 0 aromatic rings. The van der Waals surface area contributed by atoms with Gasteiger partial charge < -0.3 is 39.9 Å². The molecular weight excluding hydrogens is 812 g/mol. The first-order chi connectivity index (χ1) is 30.0. The van der Waals surface area contributed by atoms with Gasteiger partial charge in [0.15, 0.2) is 0 Å². The van der Waals surface area contributed by atoms with Crippen molar-refractivity contribution < 1.29 is 58.3 Å². The van der Waals surface area contributed by atoms with E-state index in [1.165, 1.54) is 0 Å². The Morgan fingerprint density at radius 3 is 1.37 bits per heavy atom. The molecule has 6 unspecified atom stereocenters. The number of aliphatic hydroxyl groups is 5. The number of ether oxygens (including phenoxy) is 2. The molecular formula is C49H81O12P. The van der Waals surface area contributed by atoms with Crippen LogP contribution in [0.25, 0.3) is 0 Å². The molecule has 0 bridgehead atoms. The van der Waals surface area contributed by atoms with Gasteiger partial charge in [-0.25, -0.2) is 4.57 Å². The summed E-state index contributed by atoms with van der Waals surface area (Å²) in [4.78, 5) is 23.2. The summed E-state index contributed by atoms with van der Waals surface area (Å²) in [6.07, 6.45) is 40.4. The molecule has 354 valence electrons. The number of allylic oxidation sites excluding steroid dienone is 16. The van der Waals surface area contributed by atoms with Gasteiger partial charge in [0.2, 0.25) is 0 Å². The van der Waals surface area contributed by atoms with E-state index in [0.29, 0.717) is 13.0 Å². The fraction of sp³-hybridized carbons (Fsp3) is 0.653. The van der Waals surface area contributed by atoms with Crippen LogP contribution in [0.1, 0.15) is 142 Å². The van der Waals surface area contributed by atoms with Gasteiger partial charge in [-0.05, 0) is 89.9 Å². The number of phosphoric acid groups is 1. The second-order valence-corrected chi connectivity index (χ2v) is 16.9. The lowest BCUT2D eigenvalue weighted by Crippen LogP contribution is -2.64. The maximum atomic E-state index is 12.8. The average molecular weight is 893 g/mol. The number of unbranched alkanes of at least 4 members (excludes halogenated alkanes) is 9. The molecule has 0 radical (unpaired) electrons. The topological polar surface area (TPSA) is 192 Å². The van der Waals surface area contributed by atoms with Crippen LogP contribution in [-0.2, 0) is 27.9 Å². The van der Waals surface area contributed by atoms with E-state index in [-0.39, 0.29) is 13.0 Å². The van der Waals surface area contributed by atoms with Crippen LogP contribution in [0.15, 0.2) is 97.2 Å². The number of carbonyl (C=O) groups is 1. The van der Waals surface area contributed by atoms with E-state index in [4.69, 9.17) is 18.5 Å². The van der Waals surface area contributed by atoms with Crippen LogP contribution in [0.2, 0.25) is 0 Å². The van der Waals surface area contributed by atoms with Gasteiger partial charge in [-0.1, -0.05) is 143 Å². The van der Waals surface area contributed by atoms with Crippen LogP contribution in [-0.4, -0.2) is 98.9 Å². The molecule has 1 rings (SSSR count). The molecule has 1 fully saturated rings. The lowest BCUT2D eigenvalue weighted by molar-refractivity contribution is -0.220. The lowest BCUT2D eigenvalue weighted by Gasteiger charge is -2.41. The van der Waals surface area contributed by atoms with Crippen LogP contribution in [0.3, 0.4) is 0 Å². The Kier molecular flexibility index (Phi) is 35.7. The molecule has 1 aliphatic rings. The molecule has 13 heteroatoms. The molecule has 6 atom stereocenters. The van der Waals surface area contributed by atoms with Gasteiger partial charge in [0.1, 0.15) is 42.7 Å². The number of rotatable bonds is 37. The summed E-state index contributed by atoms with van der Waals surface area (Å²) >= 11 is 0. The SMILES string of the molecule is CC/C=C\C/C=C\C/C=C\C/C=C\CCCCCCCCC(=O)OC(COCCCCC/C=C\C/C=C\C/C=C\C/C=C\CC)COP(=O)(O)OC1C(O)C(O)C(O)C(O)C1O. The summed E-state index contributed by atoms with van der Waals surface area (Å²) in [5.74, 6) is -0.508. The van der Waals surface area contributed by atoms with E-state index < -0.39 is 63.1 Å². The molecule has 0 amide bonds. The zero-order chi connectivity index (χ0) is 45.5. The van der Waals surface area contributed by atoms with Gasteiger partial charge in [0.25, 0.3) is 0 Å². The van der Waals surface area contributed by atoms with E-state index in [2.05, 4.69) is 111 Å². The molecule has 0 saturated heterocycles. The summed E-state index contributed by atoms with van der Waals surface area (Å²) in [7, 11) is -5.04. The molecule has 0 aliphatic heterocycles. The highest BCUT2D eigenvalue weighted by atomic mass is 31.2. The zero-order valence-corrected chi connectivity index (χ0v) is 38.5. The Balaban J connectivity index is 2.44. The highest BCUT2D eigenvalue weighted by Gasteiger charge is 2.51.